The molecule has 0 aliphatic carbocycles. The van der Waals surface area contributed by atoms with Gasteiger partial charge in [-0.1, -0.05) is 23.8 Å². The Bertz CT molecular complexity index is 773. The molecule has 1 aromatic carbocycles. The third-order valence-corrected chi connectivity index (χ3v) is 5.55. The molecule has 7 heteroatoms. The van der Waals surface area contributed by atoms with Crippen molar-refractivity contribution in [1.29, 1.82) is 0 Å². The first kappa shape index (κ1) is 20.3. The van der Waals surface area contributed by atoms with Crippen molar-refractivity contribution >= 4 is 17.8 Å². The number of ether oxygens (including phenoxy) is 2. The highest BCUT2D eigenvalue weighted by Gasteiger charge is 2.58. The lowest BCUT2D eigenvalue weighted by Gasteiger charge is -2.47. The fourth-order valence-electron chi connectivity index (χ4n) is 4.28. The Morgan fingerprint density at radius 3 is 2.36 bits per heavy atom. The van der Waals surface area contributed by atoms with Gasteiger partial charge in [-0.05, 0) is 38.8 Å². The van der Waals surface area contributed by atoms with E-state index in [1.54, 1.807) is 18.9 Å². The van der Waals surface area contributed by atoms with Crippen LogP contribution in [0.2, 0.25) is 0 Å². The molecule has 2 heterocycles. The fraction of sp³-hybridized carbons (Fsp3) is 0.571. The number of nitrogens with zero attached hydrogens (tertiary/aromatic N) is 2. The van der Waals surface area contributed by atoms with Crippen molar-refractivity contribution in [3.8, 4) is 0 Å². The Morgan fingerprint density at radius 2 is 1.79 bits per heavy atom. The third kappa shape index (κ3) is 3.39. The number of benzene rings is 1. The van der Waals surface area contributed by atoms with Crippen LogP contribution in [-0.2, 0) is 23.9 Å². The van der Waals surface area contributed by atoms with Crippen LogP contribution >= 0.6 is 0 Å². The van der Waals surface area contributed by atoms with Gasteiger partial charge in [-0.15, -0.1) is 0 Å². The van der Waals surface area contributed by atoms with E-state index in [0.717, 1.165) is 16.7 Å². The topological polar surface area (TPSA) is 76.2 Å². The molecule has 152 valence electrons. The highest BCUT2D eigenvalue weighted by atomic mass is 16.6. The van der Waals surface area contributed by atoms with Gasteiger partial charge in [0.1, 0.15) is 0 Å². The highest BCUT2D eigenvalue weighted by molar-refractivity contribution is 6.01. The summed E-state index contributed by atoms with van der Waals surface area (Å²) in [7, 11) is 0. The van der Waals surface area contributed by atoms with E-state index in [1.165, 1.54) is 0 Å². The van der Waals surface area contributed by atoms with Crippen LogP contribution in [0.1, 0.15) is 49.4 Å². The van der Waals surface area contributed by atoms with E-state index in [-0.39, 0.29) is 32.1 Å². The normalized spacial score (nSPS) is 21.4. The van der Waals surface area contributed by atoms with Gasteiger partial charge in [0.2, 0.25) is 5.91 Å². The summed E-state index contributed by atoms with van der Waals surface area (Å²) in [6, 6.07) is 5.59. The Labute approximate surface area is 165 Å². The summed E-state index contributed by atoms with van der Waals surface area (Å²) in [4.78, 5) is 38.6. The molecule has 2 saturated heterocycles. The van der Waals surface area contributed by atoms with E-state index < -0.39 is 23.4 Å². The van der Waals surface area contributed by atoms with E-state index in [0.29, 0.717) is 13.0 Å². The average Bonchev–Trinajstić information content (AvgIpc) is 3.02. The minimum Gasteiger partial charge on any atom is -0.465 e. The third-order valence-electron chi connectivity index (χ3n) is 5.55. The standard InChI is InChI=1S/C21H28N2O5/c1-5-27-19(25)21(20(26)28-6-2)12-17(16-8-7-14(3)11-15(16)4)23-18(24)9-10-22(23)13-21/h7-8,11,17H,5-6,9-10,12-13H2,1-4H3. The van der Waals surface area contributed by atoms with E-state index in [2.05, 4.69) is 0 Å². The van der Waals surface area contributed by atoms with Crippen molar-refractivity contribution in [2.24, 2.45) is 5.41 Å². The summed E-state index contributed by atoms with van der Waals surface area (Å²) >= 11 is 0. The molecule has 0 spiro atoms. The smallest absolute Gasteiger partial charge is 0.324 e. The molecular formula is C21H28N2O5. The number of amides is 1. The first-order valence-electron chi connectivity index (χ1n) is 9.82. The van der Waals surface area contributed by atoms with Crippen LogP contribution in [0.3, 0.4) is 0 Å². The number of aryl methyl sites for hydroxylation is 2. The fourth-order valence-corrected chi connectivity index (χ4v) is 4.28. The lowest BCUT2D eigenvalue weighted by molar-refractivity contribution is -0.193. The summed E-state index contributed by atoms with van der Waals surface area (Å²) < 4.78 is 10.6. The van der Waals surface area contributed by atoms with Crippen molar-refractivity contribution in [1.82, 2.24) is 10.0 Å². The molecule has 0 N–H and O–H groups in total. The van der Waals surface area contributed by atoms with Gasteiger partial charge in [0, 0.05) is 25.9 Å². The van der Waals surface area contributed by atoms with Crippen LogP contribution in [0.15, 0.2) is 18.2 Å². The lowest BCUT2D eigenvalue weighted by Crippen LogP contribution is -2.60. The SMILES string of the molecule is CCOC(=O)C1(C(=O)OCC)CC(c2ccc(C)cc2C)N2C(=O)CCN2C1. The van der Waals surface area contributed by atoms with Gasteiger partial charge in [0.15, 0.2) is 5.41 Å². The van der Waals surface area contributed by atoms with E-state index >= 15 is 0 Å². The molecule has 3 rings (SSSR count). The van der Waals surface area contributed by atoms with Gasteiger partial charge in [-0.2, -0.15) is 0 Å². The first-order valence-corrected chi connectivity index (χ1v) is 9.82. The number of esters is 2. The molecule has 7 nitrogen and oxygen atoms in total. The molecule has 1 amide bonds. The molecule has 1 atom stereocenters. The molecule has 0 saturated carbocycles. The minimum atomic E-state index is -1.45. The molecular weight excluding hydrogens is 360 g/mol. The monoisotopic (exact) mass is 388 g/mol. The Balaban J connectivity index is 2.09. The van der Waals surface area contributed by atoms with Gasteiger partial charge >= 0.3 is 11.9 Å². The van der Waals surface area contributed by atoms with E-state index in [1.807, 2.05) is 37.1 Å². The number of carbonyl (C=O) groups is 3. The summed E-state index contributed by atoms with van der Waals surface area (Å²) in [5, 5.41) is 3.53. The molecule has 28 heavy (non-hydrogen) atoms. The number of carbonyl (C=O) groups excluding carboxylic acids is 3. The van der Waals surface area contributed by atoms with Crippen LogP contribution in [0.5, 0.6) is 0 Å². The van der Waals surface area contributed by atoms with Crippen LogP contribution in [0.4, 0.5) is 0 Å². The van der Waals surface area contributed by atoms with Crippen LogP contribution in [0.25, 0.3) is 0 Å². The lowest BCUT2D eigenvalue weighted by atomic mass is 9.76. The van der Waals surface area contributed by atoms with Gasteiger partial charge < -0.3 is 9.47 Å². The number of hydrazine groups is 1. The van der Waals surface area contributed by atoms with Gasteiger partial charge in [-0.3, -0.25) is 19.4 Å². The molecule has 1 unspecified atom stereocenters. The zero-order chi connectivity index (χ0) is 20.5. The molecule has 0 aromatic heterocycles. The summed E-state index contributed by atoms with van der Waals surface area (Å²) in [5.41, 5.74) is 1.62. The second kappa shape index (κ2) is 7.91. The van der Waals surface area contributed by atoms with Crippen molar-refractivity contribution in [2.45, 2.75) is 46.6 Å². The Hall–Kier alpha value is -2.41. The Morgan fingerprint density at radius 1 is 1.14 bits per heavy atom. The zero-order valence-corrected chi connectivity index (χ0v) is 17.0. The quantitative estimate of drug-likeness (QED) is 0.569. The van der Waals surface area contributed by atoms with Gasteiger partial charge in [0.05, 0.1) is 19.3 Å². The number of hydrogen-bond acceptors (Lipinski definition) is 6. The number of hydrogen-bond donors (Lipinski definition) is 0. The maximum Gasteiger partial charge on any atom is 0.324 e. The van der Waals surface area contributed by atoms with Crippen molar-refractivity contribution in [3.63, 3.8) is 0 Å². The van der Waals surface area contributed by atoms with Crippen molar-refractivity contribution in [2.75, 3.05) is 26.3 Å². The van der Waals surface area contributed by atoms with Gasteiger partial charge in [0.25, 0.3) is 0 Å². The molecule has 0 radical (unpaired) electrons. The maximum atomic E-state index is 13.0. The molecule has 0 bridgehead atoms. The second-order valence-electron chi connectivity index (χ2n) is 7.48. The van der Waals surface area contributed by atoms with Gasteiger partial charge in [-0.25, -0.2) is 5.01 Å². The van der Waals surface area contributed by atoms with Crippen LogP contribution in [-0.4, -0.2) is 54.2 Å². The maximum absolute atomic E-state index is 13.0. The van der Waals surface area contributed by atoms with Crippen LogP contribution in [0, 0.1) is 19.3 Å². The van der Waals surface area contributed by atoms with Crippen molar-refractivity contribution in [3.05, 3.63) is 34.9 Å². The molecule has 2 aliphatic rings. The van der Waals surface area contributed by atoms with E-state index in [4.69, 9.17) is 9.47 Å². The molecule has 2 fully saturated rings. The summed E-state index contributed by atoms with van der Waals surface area (Å²) in [6.45, 7) is 8.34. The predicted molar refractivity (Wildman–Crippen MR) is 102 cm³/mol. The molecule has 2 aliphatic heterocycles. The zero-order valence-electron chi connectivity index (χ0n) is 17.0. The number of rotatable bonds is 5. The second-order valence-corrected chi connectivity index (χ2v) is 7.48. The first-order chi connectivity index (χ1) is 13.3. The Kier molecular flexibility index (Phi) is 5.74. The number of fused-ring (bicyclic) bond motifs is 1. The largest absolute Gasteiger partial charge is 0.465 e. The molecule has 1 aromatic rings. The average molecular weight is 388 g/mol. The van der Waals surface area contributed by atoms with Crippen LogP contribution < -0.4 is 0 Å². The minimum absolute atomic E-state index is 0.00583. The van der Waals surface area contributed by atoms with Crippen molar-refractivity contribution < 1.29 is 23.9 Å². The highest BCUT2D eigenvalue weighted by Crippen LogP contribution is 2.45. The summed E-state index contributed by atoms with van der Waals surface area (Å²) in [5.74, 6) is -1.16. The summed E-state index contributed by atoms with van der Waals surface area (Å²) in [6.07, 6.45) is 0.514. The predicted octanol–water partition coefficient (Wildman–Crippen LogP) is 2.31. The van der Waals surface area contributed by atoms with E-state index in [9.17, 15) is 14.4 Å².